The lowest BCUT2D eigenvalue weighted by molar-refractivity contribution is -0.121. The number of nitrogens with one attached hydrogen (secondary N) is 2. The van der Waals surface area contributed by atoms with Crippen molar-refractivity contribution in [3.8, 4) is 0 Å². The predicted molar refractivity (Wildman–Crippen MR) is 100 cm³/mol. The number of ketones is 1. The maximum absolute atomic E-state index is 12.2. The first-order valence-corrected chi connectivity index (χ1v) is 9.15. The molecule has 1 aromatic carbocycles. The highest BCUT2D eigenvalue weighted by Gasteiger charge is 2.13. The first-order chi connectivity index (χ1) is 12.0. The molecular weight excluding hydrogens is 334 g/mol. The lowest BCUT2D eigenvalue weighted by Crippen LogP contribution is -2.26. The van der Waals surface area contributed by atoms with Crippen LogP contribution in [0.5, 0.6) is 0 Å². The first kappa shape index (κ1) is 17.4. The summed E-state index contributed by atoms with van der Waals surface area (Å²) in [6, 6.07) is 9.74. The van der Waals surface area contributed by atoms with E-state index in [1.54, 1.807) is 11.3 Å². The van der Waals surface area contributed by atoms with Gasteiger partial charge >= 0.3 is 0 Å². The largest absolute Gasteiger partial charge is 0.356 e. The molecule has 6 heteroatoms. The molecule has 0 saturated heterocycles. The minimum Gasteiger partial charge on any atom is -0.356 e. The molecular formula is C19H21N3O2S. The van der Waals surface area contributed by atoms with Gasteiger partial charge in [0.1, 0.15) is 5.82 Å². The molecule has 0 unspecified atom stereocenters. The Hall–Kier alpha value is -2.47. The zero-order valence-corrected chi connectivity index (χ0v) is 15.2. The van der Waals surface area contributed by atoms with E-state index in [0.717, 1.165) is 32.2 Å². The van der Waals surface area contributed by atoms with Crippen molar-refractivity contribution in [3.05, 3.63) is 51.5 Å². The van der Waals surface area contributed by atoms with Crippen LogP contribution in [0, 0.1) is 13.8 Å². The number of fused-ring (bicyclic) bond motifs is 1. The van der Waals surface area contributed by atoms with E-state index in [1.807, 2.05) is 44.2 Å². The van der Waals surface area contributed by atoms with Gasteiger partial charge in [-0.2, -0.15) is 0 Å². The molecule has 25 heavy (non-hydrogen) atoms. The van der Waals surface area contributed by atoms with Gasteiger partial charge in [0.05, 0.1) is 11.0 Å². The third-order valence-corrected chi connectivity index (χ3v) is 5.01. The van der Waals surface area contributed by atoms with Crippen LogP contribution in [0.2, 0.25) is 0 Å². The van der Waals surface area contributed by atoms with Crippen molar-refractivity contribution in [3.63, 3.8) is 0 Å². The van der Waals surface area contributed by atoms with Crippen LogP contribution in [0.25, 0.3) is 11.0 Å². The van der Waals surface area contributed by atoms with E-state index in [9.17, 15) is 9.59 Å². The number of amides is 1. The van der Waals surface area contributed by atoms with E-state index in [-0.39, 0.29) is 24.5 Å². The van der Waals surface area contributed by atoms with Gasteiger partial charge in [-0.15, -0.1) is 11.3 Å². The van der Waals surface area contributed by atoms with Crippen LogP contribution < -0.4 is 5.32 Å². The number of aromatic amines is 1. The third kappa shape index (κ3) is 4.33. The molecule has 0 aliphatic carbocycles. The number of nitrogens with zero attached hydrogens (tertiary/aromatic N) is 1. The number of aromatic nitrogens is 2. The molecule has 0 radical (unpaired) electrons. The molecule has 5 nitrogen and oxygen atoms in total. The standard InChI is InChI=1S/C19H21N3O2S/c1-12-11-14(13(2)25-12)17(23)7-8-19(24)20-10-9-18-21-15-5-3-4-6-16(15)22-18/h3-6,11H,7-10H2,1-2H3,(H,20,24)(H,21,22). The maximum atomic E-state index is 12.2. The van der Waals surface area contributed by atoms with Crippen molar-refractivity contribution in [2.45, 2.75) is 33.1 Å². The highest BCUT2D eigenvalue weighted by molar-refractivity contribution is 7.12. The summed E-state index contributed by atoms with van der Waals surface area (Å²) in [5.41, 5.74) is 2.67. The molecule has 0 fully saturated rings. The number of benzene rings is 1. The third-order valence-electron chi connectivity index (χ3n) is 4.04. The maximum Gasteiger partial charge on any atom is 0.220 e. The Bertz CT molecular complexity index is 877. The van der Waals surface area contributed by atoms with E-state index < -0.39 is 0 Å². The molecule has 3 aromatic rings. The summed E-state index contributed by atoms with van der Waals surface area (Å²) in [7, 11) is 0. The predicted octanol–water partition coefficient (Wildman–Crippen LogP) is 3.56. The SMILES string of the molecule is Cc1cc(C(=O)CCC(=O)NCCc2nc3ccccc3[nH]2)c(C)s1. The van der Waals surface area contributed by atoms with Crippen molar-refractivity contribution in [2.24, 2.45) is 0 Å². The number of rotatable bonds is 7. The van der Waals surface area contributed by atoms with Crippen molar-refractivity contribution in [1.29, 1.82) is 0 Å². The van der Waals surface area contributed by atoms with Gasteiger partial charge < -0.3 is 10.3 Å². The lowest BCUT2D eigenvalue weighted by Gasteiger charge is -2.04. The average molecular weight is 355 g/mol. The summed E-state index contributed by atoms with van der Waals surface area (Å²) in [5.74, 6) is 0.783. The van der Waals surface area contributed by atoms with Crippen LogP contribution >= 0.6 is 11.3 Å². The molecule has 0 saturated carbocycles. The van der Waals surface area contributed by atoms with Gasteiger partial charge in [-0.25, -0.2) is 4.98 Å². The number of carbonyl (C=O) groups is 2. The zero-order valence-electron chi connectivity index (χ0n) is 14.4. The number of para-hydroxylation sites is 2. The monoisotopic (exact) mass is 355 g/mol. The summed E-state index contributed by atoms with van der Waals surface area (Å²) in [6.07, 6.45) is 1.10. The second-order valence-corrected chi connectivity index (χ2v) is 7.51. The molecule has 2 aromatic heterocycles. The number of hydrogen-bond donors (Lipinski definition) is 2. The number of Topliss-reactive ketones (excluding diaryl/α,β-unsaturated/α-hetero) is 1. The molecule has 3 rings (SSSR count). The van der Waals surface area contributed by atoms with Crippen molar-refractivity contribution in [1.82, 2.24) is 15.3 Å². The number of hydrogen-bond acceptors (Lipinski definition) is 4. The fourth-order valence-corrected chi connectivity index (χ4v) is 3.74. The van der Waals surface area contributed by atoms with Crippen molar-refractivity contribution >= 4 is 34.1 Å². The Balaban J connectivity index is 1.43. The fraction of sp³-hybridized carbons (Fsp3) is 0.316. The van der Waals surface area contributed by atoms with E-state index >= 15 is 0 Å². The zero-order chi connectivity index (χ0) is 17.8. The molecule has 130 valence electrons. The molecule has 1 amide bonds. The van der Waals surface area contributed by atoms with Gasteiger partial charge in [-0.1, -0.05) is 12.1 Å². The van der Waals surface area contributed by atoms with Crippen molar-refractivity contribution < 1.29 is 9.59 Å². The first-order valence-electron chi connectivity index (χ1n) is 8.33. The summed E-state index contributed by atoms with van der Waals surface area (Å²) < 4.78 is 0. The van der Waals surface area contributed by atoms with Gasteiger partial charge in [0.2, 0.25) is 5.91 Å². The molecule has 2 heterocycles. The Labute approximate surface area is 150 Å². The smallest absolute Gasteiger partial charge is 0.220 e. The fourth-order valence-electron chi connectivity index (χ4n) is 2.80. The van der Waals surface area contributed by atoms with Crippen LogP contribution in [0.1, 0.15) is 38.8 Å². The van der Waals surface area contributed by atoms with Crippen LogP contribution in [-0.4, -0.2) is 28.2 Å². The molecule has 2 N–H and O–H groups in total. The van der Waals surface area contributed by atoms with E-state index in [0.29, 0.717) is 13.0 Å². The highest BCUT2D eigenvalue weighted by atomic mass is 32.1. The minimum absolute atomic E-state index is 0.0364. The van der Waals surface area contributed by atoms with E-state index in [4.69, 9.17) is 0 Å². The summed E-state index contributed by atoms with van der Waals surface area (Å²) in [4.78, 5) is 34.0. The van der Waals surface area contributed by atoms with Gasteiger partial charge in [-0.3, -0.25) is 9.59 Å². The van der Waals surface area contributed by atoms with Crippen molar-refractivity contribution in [2.75, 3.05) is 6.54 Å². The van der Waals surface area contributed by atoms with Crippen LogP contribution in [0.3, 0.4) is 0 Å². The Kier molecular flexibility index (Phi) is 5.28. The quantitative estimate of drug-likeness (QED) is 0.636. The number of aryl methyl sites for hydroxylation is 2. The van der Waals surface area contributed by atoms with E-state index in [1.165, 1.54) is 0 Å². The normalized spacial score (nSPS) is 11.0. The van der Waals surface area contributed by atoms with Crippen LogP contribution in [-0.2, 0) is 11.2 Å². The minimum atomic E-state index is -0.103. The highest BCUT2D eigenvalue weighted by Crippen LogP contribution is 2.22. The van der Waals surface area contributed by atoms with Gasteiger partial charge in [0.15, 0.2) is 5.78 Å². The summed E-state index contributed by atoms with van der Waals surface area (Å²) >= 11 is 1.61. The number of imidazole rings is 1. The summed E-state index contributed by atoms with van der Waals surface area (Å²) in [5, 5.41) is 2.85. The number of thiophene rings is 1. The Morgan fingerprint density at radius 3 is 2.72 bits per heavy atom. The van der Waals surface area contributed by atoms with E-state index in [2.05, 4.69) is 15.3 Å². The molecule has 0 bridgehead atoms. The topological polar surface area (TPSA) is 74.8 Å². The average Bonchev–Trinajstić information content (AvgIpc) is 3.14. The van der Waals surface area contributed by atoms with Gasteiger partial charge in [-0.05, 0) is 32.0 Å². The lowest BCUT2D eigenvalue weighted by atomic mass is 10.1. The van der Waals surface area contributed by atoms with Crippen LogP contribution in [0.4, 0.5) is 0 Å². The van der Waals surface area contributed by atoms with Crippen LogP contribution in [0.15, 0.2) is 30.3 Å². The Morgan fingerprint density at radius 1 is 1.20 bits per heavy atom. The molecule has 0 spiro atoms. The summed E-state index contributed by atoms with van der Waals surface area (Å²) in [6.45, 7) is 4.43. The molecule has 0 atom stereocenters. The second kappa shape index (κ2) is 7.61. The molecule has 0 aliphatic rings. The molecule has 0 aliphatic heterocycles. The second-order valence-electron chi connectivity index (χ2n) is 6.05. The van der Waals surface area contributed by atoms with Gasteiger partial charge in [0, 0.05) is 41.1 Å². The number of carbonyl (C=O) groups excluding carboxylic acids is 2. The number of H-pyrrole nitrogens is 1. The Morgan fingerprint density at radius 2 is 2.00 bits per heavy atom. The van der Waals surface area contributed by atoms with Gasteiger partial charge in [0.25, 0.3) is 0 Å².